The van der Waals surface area contributed by atoms with Crippen molar-refractivity contribution in [2.24, 2.45) is 0 Å². The summed E-state index contributed by atoms with van der Waals surface area (Å²) in [6.07, 6.45) is 2.55. The maximum atomic E-state index is 9.13. The Balaban J connectivity index is 3.01. The average molecular weight is 164 g/mol. The second-order valence-electron chi connectivity index (χ2n) is 2.49. The number of aromatic hydroxyl groups is 1. The number of ether oxygens (including phenoxy) is 1. The molecule has 0 atom stereocenters. The highest BCUT2D eigenvalue weighted by atomic mass is 16.5. The third-order valence-electron chi connectivity index (χ3n) is 1.63. The van der Waals surface area contributed by atoms with Gasteiger partial charge in [-0.2, -0.15) is 0 Å². The number of rotatable bonds is 3. The Hall–Kier alpha value is -1.44. The normalized spacial score (nSPS) is 9.42. The molecule has 0 aromatic heterocycles. The first kappa shape index (κ1) is 8.65. The molecular weight excluding hydrogens is 152 g/mol. The van der Waals surface area contributed by atoms with Gasteiger partial charge in [0.2, 0.25) is 0 Å². The van der Waals surface area contributed by atoms with Crippen LogP contribution in [-0.2, 0) is 6.42 Å². The van der Waals surface area contributed by atoms with Crippen LogP contribution in [0.2, 0.25) is 0 Å². The van der Waals surface area contributed by atoms with Gasteiger partial charge in [-0.1, -0.05) is 12.1 Å². The van der Waals surface area contributed by atoms with Crippen LogP contribution < -0.4 is 4.74 Å². The number of phenols is 1. The van der Waals surface area contributed by atoms with Gasteiger partial charge in [-0.05, 0) is 18.1 Å². The van der Waals surface area contributed by atoms with E-state index >= 15 is 0 Å². The zero-order valence-electron chi connectivity index (χ0n) is 7.08. The Labute approximate surface area is 72.1 Å². The summed E-state index contributed by atoms with van der Waals surface area (Å²) in [5.41, 5.74) is 1.03. The van der Waals surface area contributed by atoms with Crippen LogP contribution in [0.5, 0.6) is 11.5 Å². The molecule has 1 rings (SSSR count). The van der Waals surface area contributed by atoms with Crippen LogP contribution >= 0.6 is 0 Å². The summed E-state index contributed by atoms with van der Waals surface area (Å²) in [5.74, 6) is 0.926. The van der Waals surface area contributed by atoms with E-state index in [1.165, 1.54) is 0 Å². The standard InChI is InChI=1S/C10H12O2/c1-3-4-8-5-6-9(11)7-10(8)12-2/h3,5-7,11H,1,4H2,2H3. The molecule has 0 fully saturated rings. The third kappa shape index (κ3) is 1.78. The minimum absolute atomic E-state index is 0.222. The minimum Gasteiger partial charge on any atom is -0.508 e. The van der Waals surface area contributed by atoms with Crippen molar-refractivity contribution >= 4 is 0 Å². The van der Waals surface area contributed by atoms with Crippen LogP contribution in [0.4, 0.5) is 0 Å². The second kappa shape index (κ2) is 3.81. The number of allylic oxidation sites excluding steroid dienone is 1. The molecule has 1 aromatic carbocycles. The Kier molecular flexibility index (Phi) is 2.75. The van der Waals surface area contributed by atoms with Crippen LogP contribution in [0.3, 0.4) is 0 Å². The molecular formula is C10H12O2. The van der Waals surface area contributed by atoms with E-state index in [0.29, 0.717) is 5.75 Å². The summed E-state index contributed by atoms with van der Waals surface area (Å²) in [7, 11) is 1.58. The maximum absolute atomic E-state index is 9.13. The zero-order chi connectivity index (χ0) is 8.97. The van der Waals surface area contributed by atoms with Gasteiger partial charge in [-0.15, -0.1) is 6.58 Å². The molecule has 1 aromatic rings. The van der Waals surface area contributed by atoms with Crippen LogP contribution in [0.25, 0.3) is 0 Å². The smallest absolute Gasteiger partial charge is 0.126 e. The molecule has 0 amide bonds. The molecule has 0 unspecified atom stereocenters. The fraction of sp³-hybridized carbons (Fsp3) is 0.200. The first-order chi connectivity index (χ1) is 5.77. The summed E-state index contributed by atoms with van der Waals surface area (Å²) < 4.78 is 5.07. The van der Waals surface area contributed by atoms with E-state index in [-0.39, 0.29) is 5.75 Å². The quantitative estimate of drug-likeness (QED) is 0.693. The molecule has 0 aliphatic carbocycles. The topological polar surface area (TPSA) is 29.5 Å². The van der Waals surface area contributed by atoms with Crippen molar-refractivity contribution < 1.29 is 9.84 Å². The molecule has 64 valence electrons. The molecule has 0 aliphatic heterocycles. The predicted molar refractivity (Wildman–Crippen MR) is 48.6 cm³/mol. The lowest BCUT2D eigenvalue weighted by Crippen LogP contribution is -1.89. The molecule has 0 radical (unpaired) electrons. The number of benzene rings is 1. The van der Waals surface area contributed by atoms with Gasteiger partial charge in [0.15, 0.2) is 0 Å². The lowest BCUT2D eigenvalue weighted by atomic mass is 10.1. The fourth-order valence-corrected chi connectivity index (χ4v) is 1.06. The Morgan fingerprint density at radius 3 is 2.92 bits per heavy atom. The highest BCUT2D eigenvalue weighted by molar-refractivity contribution is 5.40. The van der Waals surface area contributed by atoms with E-state index in [1.807, 2.05) is 6.07 Å². The lowest BCUT2D eigenvalue weighted by Gasteiger charge is -2.05. The van der Waals surface area contributed by atoms with E-state index in [2.05, 4.69) is 6.58 Å². The van der Waals surface area contributed by atoms with Crippen molar-refractivity contribution in [3.8, 4) is 11.5 Å². The average Bonchev–Trinajstić information content (AvgIpc) is 2.08. The lowest BCUT2D eigenvalue weighted by molar-refractivity contribution is 0.403. The van der Waals surface area contributed by atoms with Gasteiger partial charge >= 0.3 is 0 Å². The molecule has 0 spiro atoms. The number of methoxy groups -OCH3 is 1. The van der Waals surface area contributed by atoms with E-state index in [0.717, 1.165) is 12.0 Å². The first-order valence-electron chi connectivity index (χ1n) is 3.74. The highest BCUT2D eigenvalue weighted by Crippen LogP contribution is 2.23. The van der Waals surface area contributed by atoms with Crippen molar-refractivity contribution in [2.75, 3.05) is 7.11 Å². The number of phenolic OH excluding ortho intramolecular Hbond substituents is 1. The summed E-state index contributed by atoms with van der Waals surface area (Å²) in [5, 5.41) is 9.13. The van der Waals surface area contributed by atoms with Gasteiger partial charge in [0.05, 0.1) is 7.11 Å². The Morgan fingerprint density at radius 1 is 1.58 bits per heavy atom. The molecule has 0 saturated heterocycles. The third-order valence-corrected chi connectivity index (χ3v) is 1.63. The molecule has 1 N–H and O–H groups in total. The number of hydrogen-bond donors (Lipinski definition) is 1. The van der Waals surface area contributed by atoms with Gasteiger partial charge in [0.1, 0.15) is 11.5 Å². The molecule has 0 aliphatic rings. The van der Waals surface area contributed by atoms with E-state index < -0.39 is 0 Å². The van der Waals surface area contributed by atoms with Crippen molar-refractivity contribution in [3.63, 3.8) is 0 Å². The van der Waals surface area contributed by atoms with Gasteiger partial charge in [-0.25, -0.2) is 0 Å². The van der Waals surface area contributed by atoms with E-state index in [4.69, 9.17) is 9.84 Å². The van der Waals surface area contributed by atoms with Crippen molar-refractivity contribution in [3.05, 3.63) is 36.4 Å². The van der Waals surface area contributed by atoms with Gasteiger partial charge in [0, 0.05) is 6.07 Å². The molecule has 2 heteroatoms. The Morgan fingerprint density at radius 2 is 2.33 bits per heavy atom. The summed E-state index contributed by atoms with van der Waals surface area (Å²) >= 11 is 0. The molecule has 0 heterocycles. The van der Waals surface area contributed by atoms with Crippen molar-refractivity contribution in [1.82, 2.24) is 0 Å². The van der Waals surface area contributed by atoms with Gasteiger partial charge < -0.3 is 9.84 Å². The van der Waals surface area contributed by atoms with E-state index in [9.17, 15) is 0 Å². The maximum Gasteiger partial charge on any atom is 0.126 e. The molecule has 2 nitrogen and oxygen atoms in total. The summed E-state index contributed by atoms with van der Waals surface area (Å²) in [4.78, 5) is 0. The summed E-state index contributed by atoms with van der Waals surface area (Å²) in [6.45, 7) is 3.64. The fourth-order valence-electron chi connectivity index (χ4n) is 1.06. The first-order valence-corrected chi connectivity index (χ1v) is 3.74. The SMILES string of the molecule is C=CCc1ccc(O)cc1OC. The van der Waals surface area contributed by atoms with E-state index in [1.54, 1.807) is 25.3 Å². The largest absolute Gasteiger partial charge is 0.508 e. The zero-order valence-corrected chi connectivity index (χ0v) is 7.08. The van der Waals surface area contributed by atoms with Gasteiger partial charge in [-0.3, -0.25) is 0 Å². The minimum atomic E-state index is 0.222. The van der Waals surface area contributed by atoms with Crippen LogP contribution in [0.1, 0.15) is 5.56 Å². The molecule has 0 bridgehead atoms. The molecule has 12 heavy (non-hydrogen) atoms. The predicted octanol–water partition coefficient (Wildman–Crippen LogP) is 2.13. The second-order valence-corrected chi connectivity index (χ2v) is 2.49. The molecule has 0 saturated carbocycles. The van der Waals surface area contributed by atoms with Gasteiger partial charge in [0.25, 0.3) is 0 Å². The highest BCUT2D eigenvalue weighted by Gasteiger charge is 2.01. The Bertz CT molecular complexity index is 279. The van der Waals surface area contributed by atoms with Crippen LogP contribution in [-0.4, -0.2) is 12.2 Å². The van der Waals surface area contributed by atoms with Crippen molar-refractivity contribution in [1.29, 1.82) is 0 Å². The van der Waals surface area contributed by atoms with Crippen LogP contribution in [0.15, 0.2) is 30.9 Å². The van der Waals surface area contributed by atoms with Crippen LogP contribution in [0, 0.1) is 0 Å². The number of hydrogen-bond acceptors (Lipinski definition) is 2. The summed E-state index contributed by atoms with van der Waals surface area (Å²) in [6, 6.07) is 5.07. The monoisotopic (exact) mass is 164 g/mol. The van der Waals surface area contributed by atoms with Crippen molar-refractivity contribution in [2.45, 2.75) is 6.42 Å².